The molecule has 0 aromatic carbocycles. The summed E-state index contributed by atoms with van der Waals surface area (Å²) >= 11 is 0. The van der Waals surface area contributed by atoms with Gasteiger partial charge in [-0.25, -0.2) is 14.6 Å². The van der Waals surface area contributed by atoms with Gasteiger partial charge in [0.1, 0.15) is 12.2 Å². The predicted molar refractivity (Wildman–Crippen MR) is 54.9 cm³/mol. The third kappa shape index (κ3) is 2.46. The first-order chi connectivity index (χ1) is 7.02. The fourth-order valence-electron chi connectivity index (χ4n) is 1.39. The van der Waals surface area contributed by atoms with Crippen molar-refractivity contribution in [1.29, 1.82) is 0 Å². The molecule has 0 bridgehead atoms. The maximum Gasteiger partial charge on any atom is 0.330 e. The molecule has 2 atom stereocenters. The molecule has 0 saturated carbocycles. The van der Waals surface area contributed by atoms with E-state index in [9.17, 15) is 4.79 Å². The minimum absolute atomic E-state index is 0.176. The summed E-state index contributed by atoms with van der Waals surface area (Å²) in [7, 11) is 1.33. The largest absolute Gasteiger partial charge is 0.466 e. The second-order valence-corrected chi connectivity index (χ2v) is 3.97. The van der Waals surface area contributed by atoms with Crippen molar-refractivity contribution in [3.63, 3.8) is 0 Å². The highest BCUT2D eigenvalue weighted by Gasteiger charge is 2.43. The molecule has 1 aliphatic rings. The second-order valence-electron chi connectivity index (χ2n) is 3.97. The number of esters is 1. The number of carbonyl (C=O) groups is 1. The summed E-state index contributed by atoms with van der Waals surface area (Å²) < 4.78 is 4.49. The number of methoxy groups -OCH3 is 1. The molecule has 0 radical (unpaired) electrons. The fraction of sp³-hybridized carbons (Fsp3) is 0.545. The van der Waals surface area contributed by atoms with Crippen molar-refractivity contribution in [2.24, 2.45) is 5.41 Å². The molecule has 4 heteroatoms. The Bertz CT molecular complexity index is 280. The van der Waals surface area contributed by atoms with Gasteiger partial charge in [-0.2, -0.15) is 0 Å². The highest BCUT2D eigenvalue weighted by molar-refractivity contribution is 5.81. The van der Waals surface area contributed by atoms with Gasteiger partial charge in [-0.3, -0.25) is 0 Å². The maximum atomic E-state index is 10.9. The van der Waals surface area contributed by atoms with E-state index in [0.29, 0.717) is 0 Å². The normalized spacial score (nSPS) is 29.3. The van der Waals surface area contributed by atoms with E-state index in [1.807, 2.05) is 13.8 Å². The molecule has 1 rings (SSSR count). The lowest BCUT2D eigenvalue weighted by molar-refractivity contribution is -0.280. The third-order valence-corrected chi connectivity index (χ3v) is 2.55. The zero-order valence-corrected chi connectivity index (χ0v) is 9.23. The first-order valence-electron chi connectivity index (χ1n) is 4.73. The number of hydrogen-bond donors (Lipinski definition) is 0. The van der Waals surface area contributed by atoms with Crippen LogP contribution in [0.15, 0.2) is 24.8 Å². The standard InChI is InChI=1S/C11H16O4/c1-5-8-11(2,3)9(15-14-8)6-7-10(12)13-4/h5-9H,1H2,2-4H3/b7-6+/t8-,9+/m1/s1. The van der Waals surface area contributed by atoms with Gasteiger partial charge in [0.05, 0.1) is 7.11 Å². The summed E-state index contributed by atoms with van der Waals surface area (Å²) in [6.07, 6.45) is 4.20. The van der Waals surface area contributed by atoms with E-state index >= 15 is 0 Å². The molecule has 0 aromatic rings. The lowest BCUT2D eigenvalue weighted by Gasteiger charge is -2.23. The van der Waals surface area contributed by atoms with Gasteiger partial charge in [0.2, 0.25) is 0 Å². The van der Waals surface area contributed by atoms with Gasteiger partial charge in [0.25, 0.3) is 0 Å². The van der Waals surface area contributed by atoms with Crippen LogP contribution in [-0.4, -0.2) is 25.3 Å². The van der Waals surface area contributed by atoms with Crippen molar-refractivity contribution in [2.45, 2.75) is 26.1 Å². The molecule has 84 valence electrons. The Morgan fingerprint density at radius 3 is 2.47 bits per heavy atom. The van der Waals surface area contributed by atoms with Gasteiger partial charge in [0, 0.05) is 11.5 Å². The highest BCUT2D eigenvalue weighted by atomic mass is 17.2. The van der Waals surface area contributed by atoms with Crippen LogP contribution in [0.3, 0.4) is 0 Å². The highest BCUT2D eigenvalue weighted by Crippen LogP contribution is 2.37. The molecule has 1 heterocycles. The average molecular weight is 212 g/mol. The quantitative estimate of drug-likeness (QED) is 0.309. The minimum atomic E-state index is -0.406. The van der Waals surface area contributed by atoms with Gasteiger partial charge in [0.15, 0.2) is 0 Å². The minimum Gasteiger partial charge on any atom is -0.466 e. The molecule has 0 aliphatic carbocycles. The lowest BCUT2D eigenvalue weighted by Crippen LogP contribution is -2.31. The van der Waals surface area contributed by atoms with Crippen molar-refractivity contribution in [1.82, 2.24) is 0 Å². The first kappa shape index (κ1) is 11.9. The van der Waals surface area contributed by atoms with E-state index in [1.165, 1.54) is 13.2 Å². The molecule has 4 nitrogen and oxygen atoms in total. The van der Waals surface area contributed by atoms with Gasteiger partial charge in [-0.05, 0) is 6.08 Å². The Morgan fingerprint density at radius 2 is 2.00 bits per heavy atom. The first-order valence-corrected chi connectivity index (χ1v) is 4.73. The molecule has 1 saturated heterocycles. The van der Waals surface area contributed by atoms with Crippen molar-refractivity contribution >= 4 is 5.97 Å². The SMILES string of the molecule is C=C[C@H]1OO[C@@H](/C=C/C(=O)OC)C1(C)C. The molecule has 15 heavy (non-hydrogen) atoms. The van der Waals surface area contributed by atoms with Crippen molar-refractivity contribution in [3.8, 4) is 0 Å². The molecule has 0 spiro atoms. The third-order valence-electron chi connectivity index (χ3n) is 2.55. The summed E-state index contributed by atoms with van der Waals surface area (Å²) in [6, 6.07) is 0. The van der Waals surface area contributed by atoms with E-state index in [4.69, 9.17) is 9.78 Å². The number of carbonyl (C=O) groups excluding carboxylic acids is 1. The van der Waals surface area contributed by atoms with Crippen LogP contribution in [0, 0.1) is 5.41 Å². The summed E-state index contributed by atoms with van der Waals surface area (Å²) in [5.41, 5.74) is -0.244. The average Bonchev–Trinajstić information content (AvgIpc) is 2.49. The van der Waals surface area contributed by atoms with Crippen LogP contribution < -0.4 is 0 Å². The zero-order chi connectivity index (χ0) is 11.5. The van der Waals surface area contributed by atoms with Crippen molar-refractivity contribution in [2.75, 3.05) is 7.11 Å². The van der Waals surface area contributed by atoms with Crippen LogP contribution in [0.25, 0.3) is 0 Å². The summed E-state index contributed by atoms with van der Waals surface area (Å²) in [6.45, 7) is 7.63. The van der Waals surface area contributed by atoms with Crippen LogP contribution >= 0.6 is 0 Å². The Labute approximate surface area is 89.4 Å². The Hall–Kier alpha value is -1.13. The zero-order valence-electron chi connectivity index (χ0n) is 9.23. The van der Waals surface area contributed by atoms with E-state index in [2.05, 4.69) is 11.3 Å². The van der Waals surface area contributed by atoms with Crippen LogP contribution in [0.2, 0.25) is 0 Å². The van der Waals surface area contributed by atoms with Gasteiger partial charge in [-0.15, -0.1) is 6.58 Å². The monoisotopic (exact) mass is 212 g/mol. The topological polar surface area (TPSA) is 44.8 Å². The second kappa shape index (κ2) is 4.59. The molecule has 1 aliphatic heterocycles. The smallest absolute Gasteiger partial charge is 0.330 e. The fourth-order valence-corrected chi connectivity index (χ4v) is 1.39. The van der Waals surface area contributed by atoms with Gasteiger partial charge in [-0.1, -0.05) is 19.9 Å². The lowest BCUT2D eigenvalue weighted by atomic mass is 9.81. The summed E-state index contributed by atoms with van der Waals surface area (Å²) in [5.74, 6) is -0.406. The molecule has 0 N–H and O–H groups in total. The molecule has 1 fully saturated rings. The Morgan fingerprint density at radius 1 is 1.40 bits per heavy atom. The van der Waals surface area contributed by atoms with Gasteiger partial charge < -0.3 is 4.74 Å². The van der Waals surface area contributed by atoms with E-state index in [1.54, 1.807) is 12.2 Å². The Kier molecular flexibility index (Phi) is 3.66. The maximum absolute atomic E-state index is 10.9. The predicted octanol–water partition coefficient (Wildman–Crippen LogP) is 1.63. The molecule has 0 amide bonds. The molecule has 0 aromatic heterocycles. The Balaban J connectivity index is 2.69. The van der Waals surface area contributed by atoms with E-state index in [0.717, 1.165) is 0 Å². The molecular formula is C11H16O4. The van der Waals surface area contributed by atoms with Gasteiger partial charge >= 0.3 is 5.97 Å². The van der Waals surface area contributed by atoms with E-state index in [-0.39, 0.29) is 17.6 Å². The molecular weight excluding hydrogens is 196 g/mol. The van der Waals surface area contributed by atoms with Crippen LogP contribution in [0.4, 0.5) is 0 Å². The number of hydrogen-bond acceptors (Lipinski definition) is 4. The number of rotatable bonds is 3. The van der Waals surface area contributed by atoms with Crippen LogP contribution in [-0.2, 0) is 19.3 Å². The molecule has 0 unspecified atom stereocenters. The van der Waals surface area contributed by atoms with Crippen molar-refractivity contribution < 1.29 is 19.3 Å². The van der Waals surface area contributed by atoms with Crippen molar-refractivity contribution in [3.05, 3.63) is 24.8 Å². The van der Waals surface area contributed by atoms with Crippen LogP contribution in [0.5, 0.6) is 0 Å². The van der Waals surface area contributed by atoms with Crippen LogP contribution in [0.1, 0.15) is 13.8 Å². The van der Waals surface area contributed by atoms with E-state index < -0.39 is 5.97 Å². The summed E-state index contributed by atoms with van der Waals surface area (Å²) in [4.78, 5) is 21.1. The summed E-state index contributed by atoms with van der Waals surface area (Å²) in [5, 5.41) is 0. The number of ether oxygens (including phenoxy) is 1.